The topological polar surface area (TPSA) is 68.2 Å². The summed E-state index contributed by atoms with van der Waals surface area (Å²) in [5.74, 6) is 2.30. The smallest absolute Gasteiger partial charge is 0.335 e. The summed E-state index contributed by atoms with van der Waals surface area (Å²) >= 11 is 1.85. The summed E-state index contributed by atoms with van der Waals surface area (Å²) in [5, 5.41) is 9.58. The van der Waals surface area contributed by atoms with Crippen molar-refractivity contribution in [1.82, 2.24) is 4.90 Å². The molecule has 0 aliphatic carbocycles. The lowest BCUT2D eigenvalue weighted by Crippen LogP contribution is -2.32. The number of carbonyl (C=O) groups is 1. The summed E-state index contributed by atoms with van der Waals surface area (Å²) in [7, 11) is 3.34. The highest BCUT2D eigenvalue weighted by molar-refractivity contribution is 7.99. The second kappa shape index (κ2) is 10.2. The first kappa shape index (κ1) is 23.6. The summed E-state index contributed by atoms with van der Waals surface area (Å²) in [4.78, 5) is 14.1. The zero-order valence-corrected chi connectivity index (χ0v) is 20.8. The predicted molar refractivity (Wildman–Crippen MR) is 137 cm³/mol. The van der Waals surface area contributed by atoms with Gasteiger partial charge < -0.3 is 19.3 Å². The average molecular weight is 492 g/mol. The third-order valence-corrected chi connectivity index (χ3v) is 8.01. The summed E-state index contributed by atoms with van der Waals surface area (Å²) in [6.07, 6.45) is 0.977. The summed E-state index contributed by atoms with van der Waals surface area (Å²) in [5.41, 5.74) is 6.15. The zero-order chi connectivity index (χ0) is 24.4. The number of aromatic carboxylic acids is 1. The van der Waals surface area contributed by atoms with Crippen molar-refractivity contribution in [2.75, 3.05) is 33.1 Å². The van der Waals surface area contributed by atoms with Gasteiger partial charge in [0.2, 0.25) is 0 Å². The Kier molecular flexibility index (Phi) is 6.88. The van der Waals surface area contributed by atoms with Crippen LogP contribution >= 0.6 is 11.8 Å². The SMILES string of the molecule is COc1cc2c(cc1OC)CN(CCSC1c3ccccc3COc3ccc(C(=O)O)cc31)CC2. The molecule has 0 saturated carbocycles. The fraction of sp³-hybridized carbons (Fsp3) is 0.321. The molecule has 5 rings (SSSR count). The van der Waals surface area contributed by atoms with Gasteiger partial charge >= 0.3 is 5.97 Å². The van der Waals surface area contributed by atoms with Gasteiger partial charge in [0.1, 0.15) is 12.4 Å². The number of hydrogen-bond donors (Lipinski definition) is 1. The fourth-order valence-corrected chi connectivity index (χ4v) is 6.25. The van der Waals surface area contributed by atoms with E-state index in [1.165, 1.54) is 16.7 Å². The zero-order valence-electron chi connectivity index (χ0n) is 20.0. The van der Waals surface area contributed by atoms with Crippen molar-refractivity contribution in [3.63, 3.8) is 0 Å². The van der Waals surface area contributed by atoms with E-state index in [0.717, 1.165) is 60.2 Å². The Balaban J connectivity index is 1.34. The van der Waals surface area contributed by atoms with Crippen molar-refractivity contribution >= 4 is 17.7 Å². The Morgan fingerprint density at radius 1 is 1.03 bits per heavy atom. The number of benzene rings is 3. The van der Waals surface area contributed by atoms with Crippen molar-refractivity contribution in [2.24, 2.45) is 0 Å². The Morgan fingerprint density at radius 3 is 2.57 bits per heavy atom. The van der Waals surface area contributed by atoms with Crippen molar-refractivity contribution in [2.45, 2.75) is 24.8 Å². The molecule has 0 fully saturated rings. The van der Waals surface area contributed by atoms with E-state index in [1.807, 2.05) is 23.9 Å². The van der Waals surface area contributed by atoms with E-state index in [4.69, 9.17) is 14.2 Å². The predicted octanol–water partition coefficient (Wildman–Crippen LogP) is 5.18. The molecule has 1 N–H and O–H groups in total. The van der Waals surface area contributed by atoms with Gasteiger partial charge in [0.05, 0.1) is 25.0 Å². The molecule has 1 atom stereocenters. The van der Waals surface area contributed by atoms with E-state index in [-0.39, 0.29) is 10.8 Å². The van der Waals surface area contributed by atoms with Crippen molar-refractivity contribution in [3.05, 3.63) is 88.0 Å². The first-order valence-corrected chi connectivity index (χ1v) is 12.8. The van der Waals surface area contributed by atoms with E-state index in [2.05, 4.69) is 29.2 Å². The molecular formula is C28H29NO5S. The van der Waals surface area contributed by atoms with Crippen molar-refractivity contribution in [3.8, 4) is 17.2 Å². The van der Waals surface area contributed by atoms with Crippen LogP contribution in [-0.2, 0) is 19.6 Å². The largest absolute Gasteiger partial charge is 0.493 e. The first-order valence-electron chi connectivity index (χ1n) is 11.7. The van der Waals surface area contributed by atoms with E-state index < -0.39 is 5.97 Å². The van der Waals surface area contributed by atoms with Gasteiger partial charge in [0.15, 0.2) is 11.5 Å². The van der Waals surface area contributed by atoms with Gasteiger partial charge in [-0.1, -0.05) is 24.3 Å². The Labute approximate surface area is 209 Å². The van der Waals surface area contributed by atoms with Gasteiger partial charge in [-0.05, 0) is 59.0 Å². The van der Waals surface area contributed by atoms with Gasteiger partial charge in [-0.2, -0.15) is 0 Å². The number of rotatable bonds is 7. The van der Waals surface area contributed by atoms with Crippen LogP contribution in [0.2, 0.25) is 0 Å². The molecule has 6 nitrogen and oxygen atoms in total. The first-order chi connectivity index (χ1) is 17.1. The van der Waals surface area contributed by atoms with Crippen molar-refractivity contribution < 1.29 is 24.1 Å². The highest BCUT2D eigenvalue weighted by Gasteiger charge is 2.27. The number of thioether (sulfide) groups is 1. The maximum Gasteiger partial charge on any atom is 0.335 e. The average Bonchev–Trinajstić information content (AvgIpc) is 3.04. The van der Waals surface area contributed by atoms with Crippen LogP contribution in [0.1, 0.15) is 43.4 Å². The lowest BCUT2D eigenvalue weighted by Gasteiger charge is -2.30. The number of methoxy groups -OCH3 is 2. The monoisotopic (exact) mass is 491 g/mol. The summed E-state index contributed by atoms with van der Waals surface area (Å²) in [6.45, 7) is 3.29. The molecule has 3 aromatic rings. The minimum atomic E-state index is -0.923. The highest BCUT2D eigenvalue weighted by atomic mass is 32.2. The second-order valence-electron chi connectivity index (χ2n) is 8.80. The van der Waals surface area contributed by atoms with E-state index in [0.29, 0.717) is 6.61 Å². The summed E-state index contributed by atoms with van der Waals surface area (Å²) in [6, 6.07) is 17.7. The van der Waals surface area contributed by atoms with Crippen molar-refractivity contribution in [1.29, 1.82) is 0 Å². The third kappa shape index (κ3) is 4.83. The molecule has 2 aliphatic rings. The van der Waals surface area contributed by atoms with Gasteiger partial charge in [-0.25, -0.2) is 4.79 Å². The van der Waals surface area contributed by atoms with Crippen LogP contribution in [0, 0.1) is 0 Å². The number of ether oxygens (including phenoxy) is 3. The molecule has 0 saturated heterocycles. The van der Waals surface area contributed by atoms with Crippen LogP contribution in [0.4, 0.5) is 0 Å². The minimum absolute atomic E-state index is 0.0180. The highest BCUT2D eigenvalue weighted by Crippen LogP contribution is 2.44. The normalized spacial score (nSPS) is 16.8. The molecule has 35 heavy (non-hydrogen) atoms. The van der Waals surface area contributed by atoms with E-state index in [9.17, 15) is 9.90 Å². The maximum atomic E-state index is 11.7. The summed E-state index contributed by atoms with van der Waals surface area (Å²) < 4.78 is 17.0. The quantitative estimate of drug-likeness (QED) is 0.489. The van der Waals surface area contributed by atoms with Gasteiger partial charge in [0, 0.05) is 31.0 Å². The van der Waals surface area contributed by atoms with Crippen LogP contribution in [0.25, 0.3) is 0 Å². The second-order valence-corrected chi connectivity index (χ2v) is 10.0. The fourth-order valence-electron chi connectivity index (χ4n) is 4.87. The molecule has 0 spiro atoms. The van der Waals surface area contributed by atoms with Crippen LogP contribution in [-0.4, -0.2) is 49.0 Å². The number of fused-ring (bicyclic) bond motifs is 3. The lowest BCUT2D eigenvalue weighted by atomic mass is 9.98. The molecule has 182 valence electrons. The molecule has 0 aromatic heterocycles. The lowest BCUT2D eigenvalue weighted by molar-refractivity contribution is 0.0696. The van der Waals surface area contributed by atoms with E-state index in [1.54, 1.807) is 32.4 Å². The molecule has 0 amide bonds. The molecule has 1 unspecified atom stereocenters. The Morgan fingerprint density at radius 2 is 1.80 bits per heavy atom. The Bertz CT molecular complexity index is 1240. The maximum absolute atomic E-state index is 11.7. The Hall–Kier alpha value is -3.16. The number of nitrogens with zero attached hydrogens (tertiary/aromatic N) is 1. The number of carboxylic acid groups (broad SMARTS) is 1. The van der Waals surface area contributed by atoms with Crippen LogP contribution < -0.4 is 14.2 Å². The van der Waals surface area contributed by atoms with Crippen LogP contribution in [0.15, 0.2) is 54.6 Å². The molecule has 0 radical (unpaired) electrons. The van der Waals surface area contributed by atoms with E-state index >= 15 is 0 Å². The molecule has 7 heteroatoms. The van der Waals surface area contributed by atoms with Crippen LogP contribution in [0.5, 0.6) is 17.2 Å². The molecule has 3 aromatic carbocycles. The third-order valence-electron chi connectivity index (χ3n) is 6.75. The molecule has 2 heterocycles. The van der Waals surface area contributed by atoms with Gasteiger partial charge in [0.25, 0.3) is 0 Å². The minimum Gasteiger partial charge on any atom is -0.493 e. The number of carboxylic acids is 1. The number of hydrogen-bond acceptors (Lipinski definition) is 6. The standard InChI is InChI=1S/C28H29NO5S/c1-32-25-14-18-9-10-29(16-21(18)15-26(25)33-2)11-12-35-27-22-6-4-3-5-20(22)17-34-24-8-7-19(28(30)31)13-23(24)27/h3-8,13-15,27H,9-12,16-17H2,1-2H3,(H,30,31). The van der Waals surface area contributed by atoms with Crippen LogP contribution in [0.3, 0.4) is 0 Å². The van der Waals surface area contributed by atoms with Gasteiger partial charge in [-0.15, -0.1) is 11.8 Å². The molecule has 2 aliphatic heterocycles. The van der Waals surface area contributed by atoms with Gasteiger partial charge in [-0.3, -0.25) is 4.90 Å². The molecular weight excluding hydrogens is 462 g/mol. The molecule has 0 bridgehead atoms.